The first kappa shape index (κ1) is 25.0. The van der Waals surface area contributed by atoms with Crippen LogP contribution in [0.3, 0.4) is 0 Å². The Labute approximate surface area is 234 Å². The number of hydrogen-bond donors (Lipinski definition) is 2. The van der Waals surface area contributed by atoms with E-state index in [9.17, 15) is 9.59 Å². The lowest BCUT2D eigenvalue weighted by Crippen LogP contribution is -2.34. The topological polar surface area (TPSA) is 78.1 Å². The van der Waals surface area contributed by atoms with Gasteiger partial charge in [-0.25, -0.2) is 0 Å². The fourth-order valence-electron chi connectivity index (χ4n) is 6.65. The summed E-state index contributed by atoms with van der Waals surface area (Å²) in [6.45, 7) is 2.39. The van der Waals surface area contributed by atoms with Crippen molar-refractivity contribution >= 4 is 39.8 Å². The summed E-state index contributed by atoms with van der Waals surface area (Å²) in [6, 6.07) is 16.1. The van der Waals surface area contributed by atoms with Crippen LogP contribution in [0.1, 0.15) is 76.2 Å². The van der Waals surface area contributed by atoms with Gasteiger partial charge in [0.05, 0.1) is 17.8 Å². The average molecular weight is 531 g/mol. The van der Waals surface area contributed by atoms with Crippen molar-refractivity contribution < 1.29 is 9.59 Å². The van der Waals surface area contributed by atoms with Crippen LogP contribution in [0.4, 0.5) is 5.69 Å². The van der Waals surface area contributed by atoms with E-state index in [-0.39, 0.29) is 11.7 Å². The van der Waals surface area contributed by atoms with Crippen molar-refractivity contribution in [2.24, 2.45) is 0 Å². The molecule has 6 nitrogen and oxygen atoms in total. The maximum atomic E-state index is 13.2. The predicted octanol–water partition coefficient (Wildman–Crippen LogP) is 6.19. The number of fused-ring (bicyclic) bond motifs is 3. The molecule has 0 bridgehead atoms. The number of aromatic amines is 1. The van der Waals surface area contributed by atoms with E-state index in [0.29, 0.717) is 24.1 Å². The van der Waals surface area contributed by atoms with Gasteiger partial charge in [0, 0.05) is 46.2 Å². The van der Waals surface area contributed by atoms with E-state index >= 15 is 0 Å². The zero-order valence-corrected chi connectivity index (χ0v) is 22.8. The number of carbonyl (C=O) groups is 2. The number of benzene rings is 2. The standard InChI is InChI=1S/C34H34N4O2/c39-33(21-38-16-6-1-7-17-38)23-12-13-30-26(18-23)28(34(40)37-30)20-32-27(25-10-4-5-11-29(25)36-32)19-31-24-9-3-2-8-22(24)14-15-35-31/h2-3,8-9,12-15,18,20,36H,1,4-7,10-11,16-17,19,21H2,(H,37,40). The Balaban J connectivity index is 1.26. The van der Waals surface area contributed by atoms with Crippen LogP contribution in [0.2, 0.25) is 0 Å². The monoisotopic (exact) mass is 530 g/mol. The van der Waals surface area contributed by atoms with Gasteiger partial charge in [0.25, 0.3) is 5.91 Å². The highest BCUT2D eigenvalue weighted by molar-refractivity contribution is 6.35. The number of aryl methyl sites for hydroxylation is 1. The molecule has 2 aliphatic heterocycles. The number of nitrogens with zero attached hydrogens (tertiary/aromatic N) is 2. The third-order valence-electron chi connectivity index (χ3n) is 8.77. The second-order valence-electron chi connectivity index (χ2n) is 11.4. The molecule has 40 heavy (non-hydrogen) atoms. The second-order valence-corrected chi connectivity index (χ2v) is 11.4. The Morgan fingerprint density at radius 3 is 2.73 bits per heavy atom. The van der Waals surface area contributed by atoms with Crippen molar-refractivity contribution in [3.8, 4) is 0 Å². The summed E-state index contributed by atoms with van der Waals surface area (Å²) in [7, 11) is 0. The van der Waals surface area contributed by atoms with Crippen molar-refractivity contribution in [1.82, 2.24) is 14.9 Å². The molecular formula is C34H34N4O2. The molecule has 0 unspecified atom stereocenters. The van der Waals surface area contributed by atoms with Gasteiger partial charge >= 0.3 is 0 Å². The first-order valence-electron chi connectivity index (χ1n) is 14.6. The Bertz CT molecular complexity index is 1650. The largest absolute Gasteiger partial charge is 0.358 e. The maximum Gasteiger partial charge on any atom is 0.256 e. The smallest absolute Gasteiger partial charge is 0.256 e. The van der Waals surface area contributed by atoms with Crippen LogP contribution in [-0.4, -0.2) is 46.2 Å². The molecule has 2 aromatic heterocycles. The van der Waals surface area contributed by atoms with E-state index in [2.05, 4.69) is 45.5 Å². The summed E-state index contributed by atoms with van der Waals surface area (Å²) in [5, 5.41) is 5.36. The van der Waals surface area contributed by atoms with Crippen LogP contribution in [-0.2, 0) is 24.1 Å². The summed E-state index contributed by atoms with van der Waals surface area (Å²) in [4.78, 5) is 37.1. The second kappa shape index (κ2) is 10.5. The molecule has 1 saturated heterocycles. The fourth-order valence-corrected chi connectivity index (χ4v) is 6.65. The third-order valence-corrected chi connectivity index (χ3v) is 8.77. The lowest BCUT2D eigenvalue weighted by molar-refractivity contribution is -0.110. The van der Waals surface area contributed by atoms with Gasteiger partial charge in [-0.15, -0.1) is 0 Å². The van der Waals surface area contributed by atoms with Crippen LogP contribution in [0.5, 0.6) is 0 Å². The molecule has 4 aromatic rings. The third kappa shape index (κ3) is 4.66. The Morgan fingerprint density at radius 2 is 1.82 bits per heavy atom. The predicted molar refractivity (Wildman–Crippen MR) is 160 cm³/mol. The molecular weight excluding hydrogens is 496 g/mol. The normalized spacial score (nSPS) is 18.1. The number of ketones is 1. The zero-order valence-electron chi connectivity index (χ0n) is 22.8. The molecule has 0 radical (unpaired) electrons. The number of likely N-dealkylation sites (tertiary alicyclic amines) is 1. The van der Waals surface area contributed by atoms with Crippen molar-refractivity contribution in [3.63, 3.8) is 0 Å². The number of Topliss-reactive ketones (excluding diaryl/α,β-unsaturated/α-hetero) is 1. The van der Waals surface area contributed by atoms with Gasteiger partial charge in [-0.1, -0.05) is 30.7 Å². The van der Waals surface area contributed by atoms with Crippen molar-refractivity contribution in [3.05, 3.63) is 94.1 Å². The molecule has 7 rings (SSSR count). The maximum absolute atomic E-state index is 13.2. The molecule has 6 heteroatoms. The Hall–Kier alpha value is -4.03. The molecule has 0 saturated carbocycles. The number of anilines is 1. The van der Waals surface area contributed by atoms with Gasteiger partial charge in [0.1, 0.15) is 0 Å². The highest BCUT2D eigenvalue weighted by Crippen LogP contribution is 2.37. The number of piperidine rings is 1. The molecule has 1 fully saturated rings. The highest BCUT2D eigenvalue weighted by Gasteiger charge is 2.28. The molecule has 1 amide bonds. The van der Waals surface area contributed by atoms with Crippen molar-refractivity contribution in [1.29, 1.82) is 0 Å². The van der Waals surface area contributed by atoms with Gasteiger partial charge in [-0.05, 0) is 98.5 Å². The van der Waals surface area contributed by atoms with E-state index in [0.717, 1.165) is 66.8 Å². The van der Waals surface area contributed by atoms with E-state index < -0.39 is 0 Å². The average Bonchev–Trinajstić information content (AvgIpc) is 3.49. The summed E-state index contributed by atoms with van der Waals surface area (Å²) in [5.41, 5.74) is 8.73. The number of rotatable bonds is 6. The van der Waals surface area contributed by atoms with Crippen LogP contribution in [0.15, 0.2) is 54.7 Å². The minimum atomic E-state index is -0.127. The summed E-state index contributed by atoms with van der Waals surface area (Å²) in [5.74, 6) is -0.0149. The quantitative estimate of drug-likeness (QED) is 0.230. The summed E-state index contributed by atoms with van der Waals surface area (Å²) < 4.78 is 0. The van der Waals surface area contributed by atoms with Gasteiger partial charge in [0.2, 0.25) is 0 Å². The number of amides is 1. The lowest BCUT2D eigenvalue weighted by atomic mass is 9.91. The minimum absolute atomic E-state index is 0.112. The van der Waals surface area contributed by atoms with E-state index in [1.54, 1.807) is 0 Å². The van der Waals surface area contributed by atoms with Gasteiger partial charge in [0.15, 0.2) is 5.78 Å². The van der Waals surface area contributed by atoms with Gasteiger partial charge in [-0.3, -0.25) is 19.5 Å². The van der Waals surface area contributed by atoms with Crippen LogP contribution < -0.4 is 5.32 Å². The molecule has 0 atom stereocenters. The molecule has 4 heterocycles. The molecule has 202 valence electrons. The van der Waals surface area contributed by atoms with E-state index in [1.807, 2.05) is 30.5 Å². The van der Waals surface area contributed by atoms with Crippen molar-refractivity contribution in [2.75, 3.05) is 25.0 Å². The SMILES string of the molecule is O=C1Nc2ccc(C(=O)CN3CCCCC3)cc2C1=Cc1[nH]c2c(c1Cc1nccc3ccccc13)CCCC2. The molecule has 3 aliphatic rings. The lowest BCUT2D eigenvalue weighted by Gasteiger charge is -2.25. The van der Waals surface area contributed by atoms with Gasteiger partial charge < -0.3 is 10.3 Å². The number of H-pyrrole nitrogens is 1. The number of pyridine rings is 1. The van der Waals surface area contributed by atoms with Gasteiger partial charge in [-0.2, -0.15) is 0 Å². The Morgan fingerprint density at radius 1 is 0.975 bits per heavy atom. The summed E-state index contributed by atoms with van der Waals surface area (Å²) in [6.07, 6.45) is 12.5. The first-order chi connectivity index (χ1) is 19.6. The molecule has 2 N–H and O–H groups in total. The number of nitrogens with one attached hydrogen (secondary N) is 2. The highest BCUT2D eigenvalue weighted by atomic mass is 16.2. The number of hydrogen-bond acceptors (Lipinski definition) is 4. The fraction of sp³-hybridized carbons (Fsp3) is 0.324. The first-order valence-corrected chi connectivity index (χ1v) is 14.6. The molecule has 0 spiro atoms. The number of aromatic nitrogens is 2. The van der Waals surface area contributed by atoms with Crippen LogP contribution in [0.25, 0.3) is 22.4 Å². The van der Waals surface area contributed by atoms with Crippen LogP contribution >= 0.6 is 0 Å². The Kier molecular flexibility index (Phi) is 6.56. The number of carbonyl (C=O) groups excluding carboxylic acids is 2. The molecule has 2 aromatic carbocycles. The summed E-state index contributed by atoms with van der Waals surface area (Å²) >= 11 is 0. The van der Waals surface area contributed by atoms with E-state index in [1.165, 1.54) is 41.5 Å². The van der Waals surface area contributed by atoms with Crippen molar-refractivity contribution in [2.45, 2.75) is 51.4 Å². The van der Waals surface area contributed by atoms with Crippen LogP contribution in [0, 0.1) is 0 Å². The minimum Gasteiger partial charge on any atom is -0.358 e. The van der Waals surface area contributed by atoms with E-state index in [4.69, 9.17) is 4.98 Å². The zero-order chi connectivity index (χ0) is 27.1. The molecule has 1 aliphatic carbocycles.